The second-order valence-corrected chi connectivity index (χ2v) is 5.44. The summed E-state index contributed by atoms with van der Waals surface area (Å²) in [5, 5.41) is 10.7. The summed E-state index contributed by atoms with van der Waals surface area (Å²) in [5.41, 5.74) is 5.45. The summed E-state index contributed by atoms with van der Waals surface area (Å²) in [6.07, 6.45) is 1.58. The Hall–Kier alpha value is -2.02. The van der Waals surface area contributed by atoms with Crippen LogP contribution >= 0.6 is 0 Å². The molecule has 0 saturated carbocycles. The number of hydrogen-bond donors (Lipinski definition) is 1. The van der Waals surface area contributed by atoms with Gasteiger partial charge in [0.15, 0.2) is 0 Å². The highest BCUT2D eigenvalue weighted by Gasteiger charge is 2.26. The van der Waals surface area contributed by atoms with Crippen LogP contribution in [0.2, 0.25) is 0 Å². The van der Waals surface area contributed by atoms with Crippen LogP contribution in [0, 0.1) is 21.8 Å². The van der Waals surface area contributed by atoms with Crippen molar-refractivity contribution in [3.63, 3.8) is 0 Å². The molecule has 1 aromatic carbocycles. The standard InChI is InChI=1S/C14H18FN3O3/c1-9(16)10-2-4-17(5-3-10)14(19)11-6-12(15)8-13(7-11)18(20)21/h6-10H,2-5,16H2,1H3. The van der Waals surface area contributed by atoms with Crippen LogP contribution in [0.1, 0.15) is 30.1 Å². The first-order valence-corrected chi connectivity index (χ1v) is 6.88. The molecule has 2 rings (SSSR count). The summed E-state index contributed by atoms with van der Waals surface area (Å²) < 4.78 is 13.4. The third kappa shape index (κ3) is 3.55. The molecule has 0 spiro atoms. The molecule has 21 heavy (non-hydrogen) atoms. The Morgan fingerprint density at radius 3 is 2.57 bits per heavy atom. The topological polar surface area (TPSA) is 89.5 Å². The smallest absolute Gasteiger partial charge is 0.273 e. The van der Waals surface area contributed by atoms with E-state index in [1.165, 1.54) is 0 Å². The summed E-state index contributed by atoms with van der Waals surface area (Å²) >= 11 is 0. The van der Waals surface area contributed by atoms with Crippen molar-refractivity contribution in [3.05, 3.63) is 39.7 Å². The van der Waals surface area contributed by atoms with Crippen molar-refractivity contribution in [3.8, 4) is 0 Å². The number of benzene rings is 1. The number of non-ortho nitro benzene ring substituents is 1. The van der Waals surface area contributed by atoms with E-state index in [1.54, 1.807) is 4.90 Å². The highest BCUT2D eigenvalue weighted by molar-refractivity contribution is 5.94. The lowest BCUT2D eigenvalue weighted by Gasteiger charge is -2.33. The molecule has 1 aliphatic heterocycles. The van der Waals surface area contributed by atoms with Gasteiger partial charge in [-0.15, -0.1) is 0 Å². The molecule has 0 aromatic heterocycles. The second kappa shape index (κ2) is 6.17. The van der Waals surface area contributed by atoms with Gasteiger partial charge in [0, 0.05) is 30.8 Å². The molecule has 1 aromatic rings. The van der Waals surface area contributed by atoms with Gasteiger partial charge >= 0.3 is 0 Å². The molecule has 0 bridgehead atoms. The van der Waals surface area contributed by atoms with Crippen molar-refractivity contribution in [2.45, 2.75) is 25.8 Å². The van der Waals surface area contributed by atoms with Crippen molar-refractivity contribution in [2.75, 3.05) is 13.1 Å². The maximum Gasteiger partial charge on any atom is 0.273 e. The number of hydrogen-bond acceptors (Lipinski definition) is 4. The van der Waals surface area contributed by atoms with Gasteiger partial charge in [0.1, 0.15) is 5.82 Å². The van der Waals surface area contributed by atoms with Crippen LogP contribution in [0.25, 0.3) is 0 Å². The van der Waals surface area contributed by atoms with Crippen LogP contribution in [0.15, 0.2) is 18.2 Å². The fourth-order valence-corrected chi connectivity index (χ4v) is 2.61. The van der Waals surface area contributed by atoms with E-state index in [4.69, 9.17) is 5.73 Å². The Labute approximate surface area is 121 Å². The average molecular weight is 295 g/mol. The van der Waals surface area contributed by atoms with Crippen molar-refractivity contribution >= 4 is 11.6 Å². The molecule has 0 radical (unpaired) electrons. The van der Waals surface area contributed by atoms with Gasteiger partial charge in [-0.05, 0) is 31.7 Å². The molecular formula is C14H18FN3O3. The summed E-state index contributed by atoms with van der Waals surface area (Å²) in [6.45, 7) is 3.02. The van der Waals surface area contributed by atoms with E-state index >= 15 is 0 Å². The summed E-state index contributed by atoms with van der Waals surface area (Å²) in [6, 6.07) is 3.03. The molecule has 1 atom stereocenters. The molecule has 1 aliphatic rings. The number of nitrogens with two attached hydrogens (primary N) is 1. The van der Waals surface area contributed by atoms with Gasteiger partial charge in [-0.1, -0.05) is 0 Å². The zero-order chi connectivity index (χ0) is 15.6. The van der Waals surface area contributed by atoms with E-state index in [9.17, 15) is 19.3 Å². The van der Waals surface area contributed by atoms with E-state index in [2.05, 4.69) is 0 Å². The lowest BCUT2D eigenvalue weighted by atomic mass is 9.90. The zero-order valence-electron chi connectivity index (χ0n) is 11.8. The lowest BCUT2D eigenvalue weighted by Crippen LogP contribution is -2.42. The largest absolute Gasteiger partial charge is 0.339 e. The van der Waals surface area contributed by atoms with Gasteiger partial charge in [0.05, 0.1) is 11.0 Å². The predicted octanol–water partition coefficient (Wildman–Crippen LogP) is 1.93. The molecule has 0 aliphatic carbocycles. The number of amides is 1. The van der Waals surface area contributed by atoms with Gasteiger partial charge in [0.25, 0.3) is 11.6 Å². The predicted molar refractivity (Wildman–Crippen MR) is 75.3 cm³/mol. The molecule has 2 N–H and O–H groups in total. The van der Waals surface area contributed by atoms with Crippen LogP contribution in [0.3, 0.4) is 0 Å². The number of rotatable bonds is 3. The Morgan fingerprint density at radius 1 is 1.43 bits per heavy atom. The quantitative estimate of drug-likeness (QED) is 0.681. The number of halogens is 1. The minimum atomic E-state index is -0.780. The van der Waals surface area contributed by atoms with Gasteiger partial charge in [0.2, 0.25) is 0 Å². The highest BCUT2D eigenvalue weighted by atomic mass is 19.1. The van der Waals surface area contributed by atoms with Gasteiger partial charge in [-0.25, -0.2) is 4.39 Å². The molecular weight excluding hydrogens is 277 g/mol. The molecule has 1 unspecified atom stereocenters. The molecule has 114 valence electrons. The third-order valence-electron chi connectivity index (χ3n) is 3.91. The van der Waals surface area contributed by atoms with E-state index in [1.807, 2.05) is 6.92 Å². The summed E-state index contributed by atoms with van der Waals surface area (Å²) in [4.78, 5) is 23.9. The van der Waals surface area contributed by atoms with Gasteiger partial charge in [-0.3, -0.25) is 14.9 Å². The van der Waals surface area contributed by atoms with Crippen LogP contribution in [0.5, 0.6) is 0 Å². The van der Waals surface area contributed by atoms with Crippen molar-refractivity contribution in [1.29, 1.82) is 0 Å². The van der Waals surface area contributed by atoms with Gasteiger partial charge < -0.3 is 10.6 Å². The zero-order valence-corrected chi connectivity index (χ0v) is 11.8. The first kappa shape index (κ1) is 15.4. The van der Waals surface area contributed by atoms with Crippen LogP contribution < -0.4 is 5.73 Å². The SMILES string of the molecule is CC(N)C1CCN(C(=O)c2cc(F)cc([N+](=O)[O-])c2)CC1. The summed E-state index contributed by atoms with van der Waals surface area (Å²) in [7, 11) is 0. The van der Waals surface area contributed by atoms with E-state index in [-0.39, 0.29) is 17.5 Å². The Bertz CT molecular complexity index is 554. The molecule has 7 heteroatoms. The van der Waals surface area contributed by atoms with E-state index in [0.29, 0.717) is 19.0 Å². The number of nitro benzene ring substituents is 1. The Balaban J connectivity index is 2.12. The fourth-order valence-electron chi connectivity index (χ4n) is 2.61. The number of nitro groups is 1. The first-order chi connectivity index (χ1) is 9.88. The van der Waals surface area contributed by atoms with E-state index < -0.39 is 16.4 Å². The van der Waals surface area contributed by atoms with Crippen LogP contribution in [-0.2, 0) is 0 Å². The van der Waals surface area contributed by atoms with E-state index in [0.717, 1.165) is 31.0 Å². The first-order valence-electron chi connectivity index (χ1n) is 6.88. The van der Waals surface area contributed by atoms with Crippen LogP contribution in [0.4, 0.5) is 10.1 Å². The minimum absolute atomic E-state index is 0.0148. The Morgan fingerprint density at radius 2 is 2.05 bits per heavy atom. The lowest BCUT2D eigenvalue weighted by molar-refractivity contribution is -0.385. The number of carbonyl (C=O) groups is 1. The molecule has 1 heterocycles. The minimum Gasteiger partial charge on any atom is -0.339 e. The normalized spacial score (nSPS) is 17.6. The average Bonchev–Trinajstić information content (AvgIpc) is 2.45. The maximum absolute atomic E-state index is 13.4. The molecule has 1 amide bonds. The number of likely N-dealkylation sites (tertiary alicyclic amines) is 1. The molecule has 1 saturated heterocycles. The molecule has 6 nitrogen and oxygen atoms in total. The highest BCUT2D eigenvalue weighted by Crippen LogP contribution is 2.23. The fraction of sp³-hybridized carbons (Fsp3) is 0.500. The third-order valence-corrected chi connectivity index (χ3v) is 3.91. The molecule has 1 fully saturated rings. The number of piperidine rings is 1. The maximum atomic E-state index is 13.4. The number of nitrogens with zero attached hydrogens (tertiary/aromatic N) is 2. The van der Waals surface area contributed by atoms with Gasteiger partial charge in [-0.2, -0.15) is 0 Å². The van der Waals surface area contributed by atoms with Crippen LogP contribution in [-0.4, -0.2) is 34.9 Å². The second-order valence-electron chi connectivity index (χ2n) is 5.44. The Kier molecular flexibility index (Phi) is 4.52. The monoisotopic (exact) mass is 295 g/mol. The number of carbonyl (C=O) groups excluding carboxylic acids is 1. The van der Waals surface area contributed by atoms with Crippen molar-refractivity contribution in [2.24, 2.45) is 11.7 Å². The van der Waals surface area contributed by atoms with Crippen molar-refractivity contribution < 1.29 is 14.1 Å². The van der Waals surface area contributed by atoms with Crippen molar-refractivity contribution in [1.82, 2.24) is 4.90 Å². The summed E-state index contributed by atoms with van der Waals surface area (Å²) in [5.74, 6) is -0.783.